The average molecular weight is 336 g/mol. The number of aromatic nitrogens is 2. The maximum atomic E-state index is 12.5. The fourth-order valence-corrected chi connectivity index (χ4v) is 3.58. The van der Waals surface area contributed by atoms with Crippen molar-refractivity contribution < 1.29 is 4.74 Å². The van der Waals surface area contributed by atoms with Gasteiger partial charge < -0.3 is 9.64 Å². The highest BCUT2D eigenvalue weighted by atomic mass is 79.9. The molecule has 1 N–H and O–H groups in total. The van der Waals surface area contributed by atoms with Crippen LogP contribution in [-0.2, 0) is 11.3 Å². The van der Waals surface area contributed by atoms with Crippen molar-refractivity contribution in [2.75, 3.05) is 25.2 Å². The lowest BCUT2D eigenvalue weighted by Gasteiger charge is -2.27. The predicted molar refractivity (Wildman–Crippen MR) is 80.2 cm³/mol. The Morgan fingerprint density at radius 3 is 2.90 bits per heavy atom. The minimum Gasteiger partial charge on any atom is -0.377 e. The van der Waals surface area contributed by atoms with Crippen LogP contribution in [0.4, 0.5) is 5.69 Å². The smallest absolute Gasteiger partial charge is 0.272 e. The third kappa shape index (κ3) is 1.55. The van der Waals surface area contributed by atoms with E-state index in [4.69, 9.17) is 4.74 Å². The number of para-hydroxylation sites is 1. The van der Waals surface area contributed by atoms with Crippen LogP contribution in [0.2, 0.25) is 0 Å². The van der Waals surface area contributed by atoms with Crippen LogP contribution in [0.25, 0.3) is 11.3 Å². The molecular weight excluding hydrogens is 322 g/mol. The topological polar surface area (TPSA) is 50.3 Å². The number of aromatic amines is 1. The van der Waals surface area contributed by atoms with Crippen LogP contribution in [0, 0.1) is 0 Å². The van der Waals surface area contributed by atoms with Gasteiger partial charge in [-0.1, -0.05) is 12.1 Å². The van der Waals surface area contributed by atoms with E-state index in [0.29, 0.717) is 19.8 Å². The summed E-state index contributed by atoms with van der Waals surface area (Å²) in [5, 5.41) is 3.28. The Bertz CT molecular complexity index is 745. The number of benzene rings is 1. The first kappa shape index (κ1) is 12.2. The molecule has 0 unspecified atom stereocenters. The second-order valence-corrected chi connectivity index (χ2v) is 6.18. The van der Waals surface area contributed by atoms with Gasteiger partial charge in [-0.05, 0) is 22.0 Å². The standard InChI is InChI=1S/C14H14BrN3O2/c1-17-5-10-12(9-3-2-4-11(15)13(9)17)16-18(14(10)19)8-6-20-7-8/h2-4,8,16H,5-7H2,1H3. The normalized spacial score (nSPS) is 17.6. The van der Waals surface area contributed by atoms with E-state index in [-0.39, 0.29) is 11.6 Å². The van der Waals surface area contributed by atoms with E-state index in [1.54, 1.807) is 4.68 Å². The molecule has 104 valence electrons. The summed E-state index contributed by atoms with van der Waals surface area (Å²) in [5.41, 5.74) is 4.05. The maximum Gasteiger partial charge on any atom is 0.272 e. The highest BCUT2D eigenvalue weighted by Crippen LogP contribution is 2.41. The quantitative estimate of drug-likeness (QED) is 0.868. The number of H-pyrrole nitrogens is 1. The zero-order valence-corrected chi connectivity index (χ0v) is 12.6. The molecule has 2 aromatic rings. The van der Waals surface area contributed by atoms with Gasteiger partial charge in [-0.2, -0.15) is 0 Å². The first-order valence-electron chi connectivity index (χ1n) is 6.58. The third-order valence-electron chi connectivity index (χ3n) is 4.03. The fourth-order valence-electron chi connectivity index (χ4n) is 2.91. The maximum absolute atomic E-state index is 12.5. The molecule has 0 aliphatic carbocycles. The van der Waals surface area contributed by atoms with Gasteiger partial charge in [0.15, 0.2) is 0 Å². The van der Waals surface area contributed by atoms with Crippen LogP contribution in [0.15, 0.2) is 27.5 Å². The molecule has 20 heavy (non-hydrogen) atoms. The molecule has 0 amide bonds. The highest BCUT2D eigenvalue weighted by Gasteiger charge is 2.30. The summed E-state index contributed by atoms with van der Waals surface area (Å²) >= 11 is 3.59. The summed E-state index contributed by atoms with van der Waals surface area (Å²) in [6, 6.07) is 6.21. The van der Waals surface area contributed by atoms with Crippen LogP contribution in [-0.4, -0.2) is 30.0 Å². The van der Waals surface area contributed by atoms with Crippen LogP contribution in [0.3, 0.4) is 0 Å². The molecule has 1 fully saturated rings. The zero-order chi connectivity index (χ0) is 13.9. The van der Waals surface area contributed by atoms with Crippen molar-refractivity contribution in [3.63, 3.8) is 0 Å². The van der Waals surface area contributed by atoms with E-state index in [1.807, 2.05) is 25.2 Å². The van der Waals surface area contributed by atoms with Crippen LogP contribution in [0.5, 0.6) is 0 Å². The Kier molecular flexibility index (Phi) is 2.59. The van der Waals surface area contributed by atoms with E-state index in [1.165, 1.54) is 0 Å². The lowest BCUT2D eigenvalue weighted by molar-refractivity contribution is -0.0299. The van der Waals surface area contributed by atoms with Gasteiger partial charge in [-0.15, -0.1) is 0 Å². The largest absolute Gasteiger partial charge is 0.377 e. The van der Waals surface area contributed by atoms with Crippen LogP contribution >= 0.6 is 15.9 Å². The molecule has 4 rings (SSSR count). The lowest BCUT2D eigenvalue weighted by Crippen LogP contribution is -2.37. The summed E-state index contributed by atoms with van der Waals surface area (Å²) in [7, 11) is 2.01. The van der Waals surface area contributed by atoms with Gasteiger partial charge in [-0.3, -0.25) is 9.89 Å². The molecular formula is C14H14BrN3O2. The molecule has 1 saturated heterocycles. The Balaban J connectivity index is 1.95. The molecule has 2 aliphatic heterocycles. The number of fused-ring (bicyclic) bond motifs is 3. The highest BCUT2D eigenvalue weighted by molar-refractivity contribution is 9.10. The number of anilines is 1. The Labute approximate surface area is 124 Å². The van der Waals surface area contributed by atoms with Crippen molar-refractivity contribution in [1.29, 1.82) is 0 Å². The second-order valence-electron chi connectivity index (χ2n) is 5.32. The average Bonchev–Trinajstić information content (AvgIpc) is 2.66. The van der Waals surface area contributed by atoms with Gasteiger partial charge in [0.1, 0.15) is 6.04 Å². The van der Waals surface area contributed by atoms with Gasteiger partial charge in [0, 0.05) is 17.1 Å². The molecule has 5 nitrogen and oxygen atoms in total. The molecule has 0 bridgehead atoms. The molecule has 0 atom stereocenters. The number of nitrogens with one attached hydrogen (secondary N) is 1. The molecule has 3 heterocycles. The summed E-state index contributed by atoms with van der Waals surface area (Å²) in [6.07, 6.45) is 0. The Hall–Kier alpha value is -1.53. The monoisotopic (exact) mass is 335 g/mol. The van der Waals surface area contributed by atoms with Crippen molar-refractivity contribution in [2.45, 2.75) is 12.6 Å². The number of nitrogens with zero attached hydrogens (tertiary/aromatic N) is 2. The fraction of sp³-hybridized carbons (Fsp3) is 0.357. The van der Waals surface area contributed by atoms with E-state index in [9.17, 15) is 4.79 Å². The van der Waals surface area contributed by atoms with E-state index in [0.717, 1.165) is 27.0 Å². The third-order valence-corrected chi connectivity index (χ3v) is 4.67. The van der Waals surface area contributed by atoms with E-state index in [2.05, 4.69) is 25.9 Å². The van der Waals surface area contributed by atoms with Crippen molar-refractivity contribution >= 4 is 21.6 Å². The number of hydrogen-bond donors (Lipinski definition) is 1. The predicted octanol–water partition coefficient (Wildman–Crippen LogP) is 2.13. The van der Waals surface area contributed by atoms with E-state index >= 15 is 0 Å². The summed E-state index contributed by atoms with van der Waals surface area (Å²) < 4.78 is 7.95. The van der Waals surface area contributed by atoms with Gasteiger partial charge in [-0.25, -0.2) is 4.68 Å². The number of halogens is 1. The molecule has 0 saturated carbocycles. The summed E-state index contributed by atoms with van der Waals surface area (Å²) in [6.45, 7) is 1.85. The minimum atomic E-state index is 0.0748. The van der Waals surface area contributed by atoms with Crippen molar-refractivity contribution in [2.24, 2.45) is 0 Å². The van der Waals surface area contributed by atoms with Crippen LogP contribution < -0.4 is 10.5 Å². The Morgan fingerprint density at radius 2 is 2.20 bits per heavy atom. The van der Waals surface area contributed by atoms with Gasteiger partial charge in [0.25, 0.3) is 5.56 Å². The Morgan fingerprint density at radius 1 is 1.40 bits per heavy atom. The minimum absolute atomic E-state index is 0.0748. The van der Waals surface area contributed by atoms with Gasteiger partial charge in [0.2, 0.25) is 0 Å². The SMILES string of the molecule is CN1Cc2c([nH]n(C3COC3)c2=O)-c2cccc(Br)c21. The van der Waals surface area contributed by atoms with Crippen molar-refractivity contribution in [1.82, 2.24) is 9.78 Å². The summed E-state index contributed by atoms with van der Waals surface area (Å²) in [4.78, 5) is 14.6. The number of hydrogen-bond acceptors (Lipinski definition) is 3. The first-order valence-corrected chi connectivity index (χ1v) is 7.37. The number of rotatable bonds is 1. The van der Waals surface area contributed by atoms with Crippen molar-refractivity contribution in [3.8, 4) is 11.3 Å². The van der Waals surface area contributed by atoms with Gasteiger partial charge in [0.05, 0.1) is 36.7 Å². The van der Waals surface area contributed by atoms with Crippen LogP contribution in [0.1, 0.15) is 11.6 Å². The van der Waals surface area contributed by atoms with Gasteiger partial charge >= 0.3 is 0 Å². The first-order chi connectivity index (χ1) is 9.66. The molecule has 2 aliphatic rings. The molecule has 0 spiro atoms. The van der Waals surface area contributed by atoms with E-state index < -0.39 is 0 Å². The molecule has 0 radical (unpaired) electrons. The summed E-state index contributed by atoms with van der Waals surface area (Å²) in [5.74, 6) is 0. The second kappa shape index (κ2) is 4.23. The molecule has 1 aromatic heterocycles. The zero-order valence-electron chi connectivity index (χ0n) is 11.0. The lowest BCUT2D eigenvalue weighted by atomic mass is 10.0. The molecule has 1 aromatic carbocycles. The molecule has 6 heteroatoms. The number of ether oxygens (including phenoxy) is 1. The van der Waals surface area contributed by atoms with Crippen molar-refractivity contribution in [3.05, 3.63) is 38.6 Å².